The summed E-state index contributed by atoms with van der Waals surface area (Å²) in [7, 11) is 0. The number of benzene rings is 1. The largest absolute Gasteiger partial charge is 0.573 e. The van der Waals surface area contributed by atoms with E-state index in [4.69, 9.17) is 6.42 Å². The lowest BCUT2D eigenvalue weighted by Crippen LogP contribution is -2.35. The van der Waals surface area contributed by atoms with E-state index in [1.54, 1.807) is 0 Å². The number of hydrogen-bond acceptors (Lipinski definition) is 2. The van der Waals surface area contributed by atoms with Crippen molar-refractivity contribution in [2.24, 2.45) is 0 Å². The topological polar surface area (TPSA) is 50.4 Å². The molecule has 7 heteroatoms. The van der Waals surface area contributed by atoms with Crippen LogP contribution in [0.4, 0.5) is 18.0 Å². The number of rotatable bonds is 4. The lowest BCUT2D eigenvalue weighted by Gasteiger charge is -2.09. The van der Waals surface area contributed by atoms with Gasteiger partial charge in [-0.1, -0.05) is 18.1 Å². The number of urea groups is 1. The van der Waals surface area contributed by atoms with Gasteiger partial charge >= 0.3 is 12.4 Å². The van der Waals surface area contributed by atoms with Crippen LogP contribution in [0.1, 0.15) is 5.56 Å². The van der Waals surface area contributed by atoms with Gasteiger partial charge < -0.3 is 15.4 Å². The fourth-order valence-electron chi connectivity index (χ4n) is 1.19. The molecule has 0 aliphatic carbocycles. The highest BCUT2D eigenvalue weighted by molar-refractivity contribution is 5.74. The molecule has 0 aliphatic rings. The first-order chi connectivity index (χ1) is 8.90. The second kappa shape index (κ2) is 6.54. The van der Waals surface area contributed by atoms with Gasteiger partial charge in [-0.15, -0.1) is 19.6 Å². The average Bonchev–Trinajstić information content (AvgIpc) is 2.33. The van der Waals surface area contributed by atoms with Gasteiger partial charge in [0, 0.05) is 6.54 Å². The van der Waals surface area contributed by atoms with Gasteiger partial charge in [0.15, 0.2) is 0 Å². The molecule has 0 unspecified atom stereocenters. The third-order valence-electron chi connectivity index (χ3n) is 1.96. The second-order valence-electron chi connectivity index (χ2n) is 3.43. The number of ether oxygens (including phenoxy) is 1. The van der Waals surface area contributed by atoms with Crippen LogP contribution in [-0.2, 0) is 6.54 Å². The SMILES string of the molecule is C#CCNC(=O)NCc1ccc(OC(F)(F)F)cc1. The smallest absolute Gasteiger partial charge is 0.406 e. The maximum Gasteiger partial charge on any atom is 0.573 e. The van der Waals surface area contributed by atoms with E-state index in [0.29, 0.717) is 5.56 Å². The molecule has 0 spiro atoms. The molecule has 0 saturated carbocycles. The molecule has 1 aromatic rings. The van der Waals surface area contributed by atoms with Crippen LogP contribution < -0.4 is 15.4 Å². The van der Waals surface area contributed by atoms with Gasteiger partial charge in [-0.25, -0.2) is 4.79 Å². The predicted octanol–water partition coefficient (Wildman–Crippen LogP) is 2.02. The first-order valence-corrected chi connectivity index (χ1v) is 5.20. The molecular formula is C12H11F3N2O2. The van der Waals surface area contributed by atoms with E-state index in [1.165, 1.54) is 24.3 Å². The Labute approximate surface area is 107 Å². The molecule has 0 heterocycles. The number of hydrogen-bond donors (Lipinski definition) is 2. The highest BCUT2D eigenvalue weighted by Crippen LogP contribution is 2.22. The van der Waals surface area contributed by atoms with Gasteiger partial charge in [-0.2, -0.15) is 0 Å². The zero-order valence-corrected chi connectivity index (χ0v) is 9.75. The molecule has 0 atom stereocenters. The number of terminal acetylenes is 1. The number of amides is 2. The Morgan fingerprint density at radius 2 is 1.89 bits per heavy atom. The molecule has 4 nitrogen and oxygen atoms in total. The maximum absolute atomic E-state index is 11.9. The van der Waals surface area contributed by atoms with Crippen molar-refractivity contribution >= 4 is 6.03 Å². The first-order valence-electron chi connectivity index (χ1n) is 5.20. The van der Waals surface area contributed by atoms with Gasteiger partial charge in [0.25, 0.3) is 0 Å². The number of carbonyl (C=O) groups is 1. The molecule has 0 fully saturated rings. The molecule has 0 aliphatic heterocycles. The predicted molar refractivity (Wildman–Crippen MR) is 62.2 cm³/mol. The molecule has 0 bridgehead atoms. The number of halogens is 3. The standard InChI is InChI=1S/C12H11F3N2O2/c1-2-7-16-11(18)17-8-9-3-5-10(6-4-9)19-12(13,14)15/h1,3-6H,7-8H2,(H2,16,17,18). The minimum absolute atomic E-state index is 0.101. The Balaban J connectivity index is 2.45. The molecule has 0 saturated heterocycles. The van der Waals surface area contributed by atoms with E-state index in [2.05, 4.69) is 21.3 Å². The van der Waals surface area contributed by atoms with Crippen molar-refractivity contribution in [1.29, 1.82) is 0 Å². The van der Waals surface area contributed by atoms with E-state index in [-0.39, 0.29) is 18.8 Å². The highest BCUT2D eigenvalue weighted by atomic mass is 19.4. The van der Waals surface area contributed by atoms with Crippen molar-refractivity contribution < 1.29 is 22.7 Å². The molecule has 19 heavy (non-hydrogen) atoms. The summed E-state index contributed by atoms with van der Waals surface area (Å²) in [6.45, 7) is 0.271. The third kappa shape index (κ3) is 6.21. The van der Waals surface area contributed by atoms with Gasteiger partial charge in [-0.3, -0.25) is 0 Å². The van der Waals surface area contributed by atoms with Crippen molar-refractivity contribution in [3.8, 4) is 18.1 Å². The van der Waals surface area contributed by atoms with Crippen molar-refractivity contribution in [1.82, 2.24) is 10.6 Å². The zero-order chi connectivity index (χ0) is 14.3. The summed E-state index contributed by atoms with van der Waals surface area (Å²) in [4.78, 5) is 11.1. The summed E-state index contributed by atoms with van der Waals surface area (Å²) in [5, 5.41) is 4.88. The zero-order valence-electron chi connectivity index (χ0n) is 9.75. The van der Waals surface area contributed by atoms with Crippen LogP contribution in [0, 0.1) is 12.3 Å². The Morgan fingerprint density at radius 3 is 2.42 bits per heavy atom. The summed E-state index contributed by atoms with van der Waals surface area (Å²) in [5.74, 6) is 1.92. The molecule has 102 valence electrons. The first kappa shape index (κ1) is 14.7. The van der Waals surface area contributed by atoms with Crippen molar-refractivity contribution in [3.63, 3.8) is 0 Å². The van der Waals surface area contributed by atoms with Gasteiger partial charge in [-0.05, 0) is 17.7 Å². The fourth-order valence-corrected chi connectivity index (χ4v) is 1.19. The van der Waals surface area contributed by atoms with Gasteiger partial charge in [0.1, 0.15) is 5.75 Å². The molecule has 0 aromatic heterocycles. The Bertz CT molecular complexity index is 463. The monoisotopic (exact) mass is 272 g/mol. The van der Waals surface area contributed by atoms with Crippen molar-refractivity contribution in [2.45, 2.75) is 12.9 Å². The van der Waals surface area contributed by atoms with Crippen LogP contribution in [0.25, 0.3) is 0 Å². The van der Waals surface area contributed by atoms with Crippen molar-refractivity contribution in [3.05, 3.63) is 29.8 Å². The van der Waals surface area contributed by atoms with E-state index in [9.17, 15) is 18.0 Å². The van der Waals surface area contributed by atoms with E-state index >= 15 is 0 Å². The number of carbonyl (C=O) groups excluding carboxylic acids is 1. The Kier molecular flexibility index (Phi) is 5.06. The number of alkyl halides is 3. The normalized spacial score (nSPS) is 10.4. The molecule has 2 amide bonds. The molecule has 1 rings (SSSR count). The fraction of sp³-hybridized carbons (Fsp3) is 0.250. The van der Waals surface area contributed by atoms with Gasteiger partial charge in [0.2, 0.25) is 0 Å². The van der Waals surface area contributed by atoms with Crippen LogP contribution in [0.15, 0.2) is 24.3 Å². The molecule has 2 N–H and O–H groups in total. The van der Waals surface area contributed by atoms with E-state index < -0.39 is 12.4 Å². The summed E-state index contributed by atoms with van der Waals surface area (Å²) in [5.41, 5.74) is 0.630. The maximum atomic E-state index is 11.9. The average molecular weight is 272 g/mol. The molecule has 0 radical (unpaired) electrons. The minimum Gasteiger partial charge on any atom is -0.406 e. The van der Waals surface area contributed by atoms with Crippen LogP contribution in [0.2, 0.25) is 0 Å². The Hall–Kier alpha value is -2.36. The lowest BCUT2D eigenvalue weighted by atomic mass is 10.2. The lowest BCUT2D eigenvalue weighted by molar-refractivity contribution is -0.274. The summed E-state index contributed by atoms with van der Waals surface area (Å²) in [6.07, 6.45) is 0.239. The van der Waals surface area contributed by atoms with Crippen LogP contribution in [-0.4, -0.2) is 18.9 Å². The molecular weight excluding hydrogens is 261 g/mol. The van der Waals surface area contributed by atoms with Crippen LogP contribution in [0.3, 0.4) is 0 Å². The van der Waals surface area contributed by atoms with Crippen LogP contribution >= 0.6 is 0 Å². The second-order valence-corrected chi connectivity index (χ2v) is 3.43. The number of nitrogens with one attached hydrogen (secondary N) is 2. The summed E-state index contributed by atoms with van der Waals surface area (Å²) >= 11 is 0. The van der Waals surface area contributed by atoms with Gasteiger partial charge in [0.05, 0.1) is 6.54 Å². The summed E-state index contributed by atoms with van der Waals surface area (Å²) < 4.78 is 39.4. The van der Waals surface area contributed by atoms with Crippen molar-refractivity contribution in [2.75, 3.05) is 6.54 Å². The highest BCUT2D eigenvalue weighted by Gasteiger charge is 2.30. The Morgan fingerprint density at radius 1 is 1.26 bits per heavy atom. The minimum atomic E-state index is -4.71. The quantitative estimate of drug-likeness (QED) is 0.824. The molecule has 1 aromatic carbocycles. The van der Waals surface area contributed by atoms with E-state index in [0.717, 1.165) is 0 Å². The summed E-state index contributed by atoms with van der Waals surface area (Å²) in [6, 6.07) is 4.73. The van der Waals surface area contributed by atoms with E-state index in [1.807, 2.05) is 0 Å². The van der Waals surface area contributed by atoms with Crippen LogP contribution in [0.5, 0.6) is 5.75 Å². The third-order valence-corrected chi connectivity index (χ3v) is 1.96.